The van der Waals surface area contributed by atoms with Gasteiger partial charge in [-0.25, -0.2) is 4.98 Å². The number of aromatic amines is 1. The molecule has 0 saturated heterocycles. The van der Waals surface area contributed by atoms with Crippen LogP contribution in [0, 0.1) is 0 Å². The van der Waals surface area contributed by atoms with Crippen molar-refractivity contribution in [3.63, 3.8) is 0 Å². The molecule has 6 heteroatoms. The van der Waals surface area contributed by atoms with E-state index in [-0.39, 0.29) is 5.56 Å². The second-order valence-corrected chi connectivity index (χ2v) is 7.37. The van der Waals surface area contributed by atoms with E-state index in [9.17, 15) is 4.79 Å². The van der Waals surface area contributed by atoms with Crippen LogP contribution < -0.4 is 11.3 Å². The van der Waals surface area contributed by atoms with Crippen molar-refractivity contribution in [3.8, 4) is 0 Å². The minimum absolute atomic E-state index is 0.0695. The third-order valence-corrected chi connectivity index (χ3v) is 5.56. The number of aromatic nitrogens is 2. The SMILES string of the molecule is Nc1nc2c(s1)CCN(CC=Cc1cccc3[nH]c(=O)ccc13)CC2. The van der Waals surface area contributed by atoms with Crippen LogP contribution in [0.4, 0.5) is 5.13 Å². The number of nitrogens with two attached hydrogens (primary N) is 1. The highest BCUT2D eigenvalue weighted by atomic mass is 32.1. The maximum absolute atomic E-state index is 11.4. The number of thiazole rings is 1. The van der Waals surface area contributed by atoms with Gasteiger partial charge in [0.1, 0.15) is 0 Å². The summed E-state index contributed by atoms with van der Waals surface area (Å²) in [6, 6.07) is 9.43. The number of hydrogen-bond acceptors (Lipinski definition) is 5. The predicted octanol–water partition coefficient (Wildman–Crippen LogP) is 2.68. The third-order valence-electron chi connectivity index (χ3n) is 4.57. The van der Waals surface area contributed by atoms with Crippen LogP contribution in [0.15, 0.2) is 41.2 Å². The Hall–Kier alpha value is -2.44. The van der Waals surface area contributed by atoms with Crippen molar-refractivity contribution in [1.82, 2.24) is 14.9 Å². The van der Waals surface area contributed by atoms with Gasteiger partial charge in [-0.3, -0.25) is 9.69 Å². The zero-order valence-corrected chi connectivity index (χ0v) is 14.7. The van der Waals surface area contributed by atoms with Crippen molar-refractivity contribution in [3.05, 3.63) is 62.9 Å². The van der Waals surface area contributed by atoms with Crippen molar-refractivity contribution in [2.24, 2.45) is 0 Å². The number of pyridine rings is 1. The lowest BCUT2D eigenvalue weighted by molar-refractivity contribution is 0.318. The molecule has 0 aliphatic carbocycles. The molecule has 5 nitrogen and oxygen atoms in total. The van der Waals surface area contributed by atoms with Crippen LogP contribution in [0.2, 0.25) is 0 Å². The molecule has 0 amide bonds. The summed E-state index contributed by atoms with van der Waals surface area (Å²) in [7, 11) is 0. The molecule has 25 heavy (non-hydrogen) atoms. The first-order valence-corrected chi connectivity index (χ1v) is 9.26. The summed E-state index contributed by atoms with van der Waals surface area (Å²) in [6.07, 6.45) is 6.32. The number of anilines is 1. The quantitative estimate of drug-likeness (QED) is 0.760. The molecular formula is C19H20N4OS. The molecule has 0 fully saturated rings. The molecule has 1 aromatic carbocycles. The van der Waals surface area contributed by atoms with Gasteiger partial charge in [-0.1, -0.05) is 24.3 Å². The fraction of sp³-hybridized carbons (Fsp3) is 0.263. The highest BCUT2D eigenvalue weighted by Gasteiger charge is 2.16. The molecule has 0 atom stereocenters. The summed E-state index contributed by atoms with van der Waals surface area (Å²) in [5.41, 5.74) is 8.90. The van der Waals surface area contributed by atoms with E-state index < -0.39 is 0 Å². The molecule has 0 saturated carbocycles. The van der Waals surface area contributed by atoms with Crippen LogP contribution in [0.1, 0.15) is 16.1 Å². The molecule has 3 N–H and O–H groups in total. The second kappa shape index (κ2) is 6.82. The fourth-order valence-corrected chi connectivity index (χ4v) is 4.16. The summed E-state index contributed by atoms with van der Waals surface area (Å²) in [5, 5.41) is 1.75. The molecule has 4 rings (SSSR count). The molecular weight excluding hydrogens is 332 g/mol. The Morgan fingerprint density at radius 3 is 3.04 bits per heavy atom. The lowest BCUT2D eigenvalue weighted by atomic mass is 10.1. The maximum atomic E-state index is 11.4. The van der Waals surface area contributed by atoms with Crippen molar-refractivity contribution in [2.75, 3.05) is 25.4 Å². The van der Waals surface area contributed by atoms with E-state index in [2.05, 4.69) is 33.1 Å². The Labute approximate surface area is 149 Å². The van der Waals surface area contributed by atoms with E-state index in [4.69, 9.17) is 5.73 Å². The van der Waals surface area contributed by atoms with Crippen molar-refractivity contribution >= 4 is 33.4 Å². The first-order valence-electron chi connectivity index (χ1n) is 8.44. The van der Waals surface area contributed by atoms with Gasteiger partial charge < -0.3 is 10.7 Å². The average molecular weight is 352 g/mol. The number of benzene rings is 1. The number of rotatable bonds is 3. The Morgan fingerprint density at radius 1 is 1.24 bits per heavy atom. The highest BCUT2D eigenvalue weighted by molar-refractivity contribution is 7.15. The lowest BCUT2D eigenvalue weighted by Gasteiger charge is -2.17. The van der Waals surface area contributed by atoms with E-state index in [1.54, 1.807) is 17.4 Å². The molecule has 3 heterocycles. The molecule has 3 aromatic rings. The highest BCUT2D eigenvalue weighted by Crippen LogP contribution is 2.24. The Balaban J connectivity index is 1.45. The van der Waals surface area contributed by atoms with Gasteiger partial charge in [-0.05, 0) is 24.1 Å². The zero-order valence-electron chi connectivity index (χ0n) is 13.9. The first-order chi connectivity index (χ1) is 12.2. The minimum atomic E-state index is -0.0695. The fourth-order valence-electron chi connectivity index (χ4n) is 3.30. The number of fused-ring (bicyclic) bond motifs is 2. The Morgan fingerprint density at radius 2 is 2.12 bits per heavy atom. The van der Waals surface area contributed by atoms with Crippen molar-refractivity contribution < 1.29 is 0 Å². The largest absolute Gasteiger partial charge is 0.375 e. The number of H-pyrrole nitrogens is 1. The first kappa shape index (κ1) is 16.1. The standard InChI is InChI=1S/C19H20N4OS/c20-19-22-16-8-11-23(12-9-17(16)25-19)10-2-4-13-3-1-5-15-14(13)6-7-18(24)21-15/h1-7H,8-12H2,(H2,20,22)(H,21,24). The number of nitrogens with zero attached hydrogens (tertiary/aromatic N) is 2. The molecule has 0 spiro atoms. The Bertz CT molecular complexity index is 963. The maximum Gasteiger partial charge on any atom is 0.248 e. The number of nitrogen functional groups attached to an aromatic ring is 1. The van der Waals surface area contributed by atoms with Gasteiger partial charge >= 0.3 is 0 Å². The molecule has 0 unspecified atom stereocenters. The monoisotopic (exact) mass is 352 g/mol. The van der Waals surface area contributed by atoms with Crippen LogP contribution in [0.3, 0.4) is 0 Å². The molecule has 2 aromatic heterocycles. The van der Waals surface area contributed by atoms with Gasteiger partial charge in [0, 0.05) is 47.9 Å². The minimum Gasteiger partial charge on any atom is -0.375 e. The topological polar surface area (TPSA) is 75.0 Å². The molecule has 0 radical (unpaired) electrons. The zero-order chi connectivity index (χ0) is 17.2. The Kier molecular flexibility index (Phi) is 4.38. The third kappa shape index (κ3) is 3.50. The normalized spacial score (nSPS) is 15.5. The van der Waals surface area contributed by atoms with Gasteiger partial charge in [-0.2, -0.15) is 0 Å². The van der Waals surface area contributed by atoms with Crippen molar-refractivity contribution in [2.45, 2.75) is 12.8 Å². The van der Waals surface area contributed by atoms with E-state index >= 15 is 0 Å². The van der Waals surface area contributed by atoms with Gasteiger partial charge in [0.05, 0.1) is 5.69 Å². The van der Waals surface area contributed by atoms with Crippen LogP contribution in [0.25, 0.3) is 17.0 Å². The second-order valence-electron chi connectivity index (χ2n) is 6.26. The summed E-state index contributed by atoms with van der Waals surface area (Å²) >= 11 is 1.62. The average Bonchev–Trinajstić information content (AvgIpc) is 2.86. The summed E-state index contributed by atoms with van der Waals surface area (Å²) in [6.45, 7) is 2.94. The predicted molar refractivity (Wildman–Crippen MR) is 104 cm³/mol. The van der Waals surface area contributed by atoms with E-state index in [1.807, 2.05) is 18.2 Å². The summed E-state index contributed by atoms with van der Waals surface area (Å²) in [4.78, 5) is 22.5. The van der Waals surface area contributed by atoms with Crippen LogP contribution in [0.5, 0.6) is 0 Å². The van der Waals surface area contributed by atoms with E-state index in [0.29, 0.717) is 5.13 Å². The molecule has 1 aliphatic rings. The molecule has 1 aliphatic heterocycles. The van der Waals surface area contributed by atoms with Gasteiger partial charge in [-0.15, -0.1) is 11.3 Å². The smallest absolute Gasteiger partial charge is 0.248 e. The van der Waals surface area contributed by atoms with Gasteiger partial charge in [0.25, 0.3) is 0 Å². The summed E-state index contributed by atoms with van der Waals surface area (Å²) in [5.74, 6) is 0. The van der Waals surface area contributed by atoms with Crippen LogP contribution >= 0.6 is 11.3 Å². The molecule has 0 bridgehead atoms. The van der Waals surface area contributed by atoms with Crippen LogP contribution in [-0.4, -0.2) is 34.5 Å². The van der Waals surface area contributed by atoms with Gasteiger partial charge in [0.2, 0.25) is 5.56 Å². The van der Waals surface area contributed by atoms with Crippen molar-refractivity contribution in [1.29, 1.82) is 0 Å². The number of nitrogens with one attached hydrogen (secondary N) is 1. The lowest BCUT2D eigenvalue weighted by Crippen LogP contribution is -2.26. The summed E-state index contributed by atoms with van der Waals surface area (Å²) < 4.78 is 0. The van der Waals surface area contributed by atoms with Gasteiger partial charge in [0.15, 0.2) is 5.13 Å². The van der Waals surface area contributed by atoms with Crippen LogP contribution in [-0.2, 0) is 12.8 Å². The molecule has 128 valence electrons. The number of hydrogen-bond donors (Lipinski definition) is 2. The van der Waals surface area contributed by atoms with E-state index in [1.165, 1.54) is 10.6 Å². The van der Waals surface area contributed by atoms with E-state index in [0.717, 1.165) is 48.9 Å².